The van der Waals surface area contributed by atoms with Gasteiger partial charge in [-0.25, -0.2) is 0 Å². The lowest BCUT2D eigenvalue weighted by atomic mass is 9.61. The molecule has 57 heavy (non-hydrogen) atoms. The molecule has 272 valence electrons. The number of rotatable bonds is 4. The lowest BCUT2D eigenvalue weighted by molar-refractivity contribution is 0.195. The standard InChI is InChI=1S/C56H43N/c1-55-33-8-9-34-56(55,2)57(40-15-4-3-5-16-40)52-32-27-39(35-51(52)55)42-18-11-21-45-44(42)20-12-22-46(45)48-29-24-38-25-30-49-47(28-23-37-26-31-50(48)54(38)53(37)49)43-19-10-14-36-13-6-7-17-41(36)43/h3-7,10-32,35H,8-9,33-34H2,1-2H3. The normalized spacial score (nSPS) is 19.2. The zero-order chi connectivity index (χ0) is 37.9. The molecule has 1 heterocycles. The molecular weight excluding hydrogens is 687 g/mol. The number of nitrogens with zero attached hydrogens (tertiary/aromatic N) is 1. The summed E-state index contributed by atoms with van der Waals surface area (Å²) in [5, 5.41) is 13.0. The van der Waals surface area contributed by atoms with Crippen LogP contribution in [-0.4, -0.2) is 5.54 Å². The molecule has 1 nitrogen and oxygen atoms in total. The molecular formula is C56H43N. The van der Waals surface area contributed by atoms with Gasteiger partial charge in [0, 0.05) is 16.8 Å². The Kier molecular flexibility index (Phi) is 6.92. The summed E-state index contributed by atoms with van der Waals surface area (Å²) in [4.78, 5) is 2.67. The van der Waals surface area contributed by atoms with E-state index in [1.807, 2.05) is 0 Å². The zero-order valence-corrected chi connectivity index (χ0v) is 32.5. The van der Waals surface area contributed by atoms with E-state index in [9.17, 15) is 0 Å². The van der Waals surface area contributed by atoms with Gasteiger partial charge in [-0.15, -0.1) is 0 Å². The van der Waals surface area contributed by atoms with E-state index in [4.69, 9.17) is 0 Å². The highest BCUT2D eigenvalue weighted by molar-refractivity contribution is 6.28. The first-order valence-corrected chi connectivity index (χ1v) is 20.7. The summed E-state index contributed by atoms with van der Waals surface area (Å²) in [6.45, 7) is 5.06. The molecule has 2 aliphatic rings. The fourth-order valence-corrected chi connectivity index (χ4v) is 11.4. The number of fused-ring (bicyclic) bond motifs is 5. The highest BCUT2D eigenvalue weighted by atomic mass is 15.3. The van der Waals surface area contributed by atoms with Gasteiger partial charge in [0.05, 0.1) is 5.54 Å². The van der Waals surface area contributed by atoms with Crippen molar-refractivity contribution in [2.75, 3.05) is 4.90 Å². The third-order valence-corrected chi connectivity index (χ3v) is 14.4. The molecule has 2 atom stereocenters. The topological polar surface area (TPSA) is 3.24 Å². The van der Waals surface area contributed by atoms with E-state index in [0.29, 0.717) is 0 Å². The molecule has 10 aromatic carbocycles. The maximum Gasteiger partial charge on any atom is 0.0517 e. The van der Waals surface area contributed by atoms with E-state index >= 15 is 0 Å². The van der Waals surface area contributed by atoms with E-state index in [1.54, 1.807) is 0 Å². The quantitative estimate of drug-likeness (QED) is 0.163. The van der Waals surface area contributed by atoms with Gasteiger partial charge in [-0.1, -0.05) is 171 Å². The van der Waals surface area contributed by atoms with Gasteiger partial charge in [0.2, 0.25) is 0 Å². The minimum absolute atomic E-state index is 0.0319. The number of anilines is 2. The maximum absolute atomic E-state index is 2.67. The molecule has 1 saturated carbocycles. The summed E-state index contributed by atoms with van der Waals surface area (Å²) in [6, 6.07) is 66.4. The first kappa shape index (κ1) is 32.8. The molecule has 10 aromatic rings. The summed E-state index contributed by atoms with van der Waals surface area (Å²) in [7, 11) is 0. The summed E-state index contributed by atoms with van der Waals surface area (Å²) in [5.74, 6) is 0. The summed E-state index contributed by atoms with van der Waals surface area (Å²) < 4.78 is 0. The molecule has 0 radical (unpaired) electrons. The minimum atomic E-state index is 0.0319. The predicted molar refractivity (Wildman–Crippen MR) is 244 cm³/mol. The van der Waals surface area contributed by atoms with E-state index < -0.39 is 0 Å². The second-order valence-corrected chi connectivity index (χ2v) is 17.1. The zero-order valence-electron chi connectivity index (χ0n) is 32.5. The Bertz CT molecular complexity index is 3220. The van der Waals surface area contributed by atoms with E-state index in [1.165, 1.54) is 130 Å². The van der Waals surface area contributed by atoms with E-state index in [-0.39, 0.29) is 11.0 Å². The molecule has 0 amide bonds. The SMILES string of the molecule is CC12CCCCC1(C)N(c1ccccc1)c1ccc(-c3cccc4c(-c5ccc6ccc7c(-c8cccc9ccccc89)ccc8ccc5c6c87)cccc34)cc12. The molecule has 1 aliphatic heterocycles. The van der Waals surface area contributed by atoms with E-state index in [0.717, 1.165) is 0 Å². The number of hydrogen-bond acceptors (Lipinski definition) is 1. The van der Waals surface area contributed by atoms with Crippen molar-refractivity contribution in [2.24, 2.45) is 0 Å². The minimum Gasteiger partial charge on any atom is -0.334 e. The fourth-order valence-electron chi connectivity index (χ4n) is 11.4. The van der Waals surface area contributed by atoms with Crippen LogP contribution >= 0.6 is 0 Å². The maximum atomic E-state index is 2.67. The Morgan fingerprint density at radius 2 is 0.947 bits per heavy atom. The van der Waals surface area contributed by atoms with Gasteiger partial charge >= 0.3 is 0 Å². The molecule has 0 saturated heterocycles. The third-order valence-electron chi connectivity index (χ3n) is 14.4. The number of para-hydroxylation sites is 1. The van der Waals surface area contributed by atoms with Crippen molar-refractivity contribution < 1.29 is 0 Å². The van der Waals surface area contributed by atoms with Gasteiger partial charge in [0.25, 0.3) is 0 Å². The van der Waals surface area contributed by atoms with Gasteiger partial charge in [-0.2, -0.15) is 0 Å². The van der Waals surface area contributed by atoms with E-state index in [2.05, 4.69) is 195 Å². The fraction of sp³-hybridized carbons (Fsp3) is 0.143. The van der Waals surface area contributed by atoms with Gasteiger partial charge in [-0.05, 0) is 137 Å². The Balaban J connectivity index is 1.03. The Hall–Kier alpha value is -6.44. The smallest absolute Gasteiger partial charge is 0.0517 e. The van der Waals surface area contributed by atoms with Crippen molar-refractivity contribution in [1.82, 2.24) is 0 Å². The molecule has 0 aromatic heterocycles. The molecule has 1 heteroatoms. The monoisotopic (exact) mass is 729 g/mol. The van der Waals surface area contributed by atoms with Crippen LogP contribution in [0.4, 0.5) is 11.4 Å². The lowest BCUT2D eigenvalue weighted by Crippen LogP contribution is -2.54. The lowest BCUT2D eigenvalue weighted by Gasteiger charge is -2.50. The Morgan fingerprint density at radius 3 is 1.68 bits per heavy atom. The average molecular weight is 730 g/mol. The van der Waals surface area contributed by atoms with Crippen LogP contribution < -0.4 is 4.90 Å². The summed E-state index contributed by atoms with van der Waals surface area (Å²) in [5.41, 5.74) is 12.0. The van der Waals surface area contributed by atoms with Gasteiger partial charge in [0.1, 0.15) is 0 Å². The first-order chi connectivity index (χ1) is 28.0. The van der Waals surface area contributed by atoms with Crippen LogP contribution in [-0.2, 0) is 5.41 Å². The number of benzene rings is 10. The van der Waals surface area contributed by atoms with Crippen molar-refractivity contribution >= 4 is 65.2 Å². The van der Waals surface area contributed by atoms with Gasteiger partial charge in [0.15, 0.2) is 0 Å². The van der Waals surface area contributed by atoms with Crippen LogP contribution in [0.25, 0.3) is 87.2 Å². The molecule has 12 rings (SSSR count). The molecule has 0 N–H and O–H groups in total. The second kappa shape index (κ2) is 12.0. The third kappa shape index (κ3) is 4.52. The largest absolute Gasteiger partial charge is 0.334 e. The van der Waals surface area contributed by atoms with Crippen molar-refractivity contribution in [1.29, 1.82) is 0 Å². The van der Waals surface area contributed by atoms with Crippen LogP contribution in [0.3, 0.4) is 0 Å². The molecule has 2 unspecified atom stereocenters. The van der Waals surface area contributed by atoms with Gasteiger partial charge in [-0.3, -0.25) is 0 Å². The Labute approximate surface area is 334 Å². The summed E-state index contributed by atoms with van der Waals surface area (Å²) >= 11 is 0. The predicted octanol–water partition coefficient (Wildman–Crippen LogP) is 15.6. The van der Waals surface area contributed by atoms with Crippen LogP contribution in [0.1, 0.15) is 45.1 Å². The van der Waals surface area contributed by atoms with Gasteiger partial charge < -0.3 is 4.90 Å². The van der Waals surface area contributed by atoms with Crippen molar-refractivity contribution in [3.05, 3.63) is 181 Å². The second-order valence-electron chi connectivity index (χ2n) is 17.1. The van der Waals surface area contributed by atoms with Crippen LogP contribution in [0.2, 0.25) is 0 Å². The van der Waals surface area contributed by atoms with Crippen molar-refractivity contribution in [3.63, 3.8) is 0 Å². The molecule has 1 aliphatic carbocycles. The number of hydrogen-bond donors (Lipinski definition) is 0. The van der Waals surface area contributed by atoms with Crippen LogP contribution in [0.5, 0.6) is 0 Å². The highest BCUT2D eigenvalue weighted by Crippen LogP contribution is 2.61. The van der Waals surface area contributed by atoms with Crippen molar-refractivity contribution in [2.45, 2.75) is 50.5 Å². The highest BCUT2D eigenvalue weighted by Gasteiger charge is 2.57. The molecule has 0 spiro atoms. The molecule has 0 bridgehead atoms. The average Bonchev–Trinajstić information content (AvgIpc) is 3.47. The summed E-state index contributed by atoms with van der Waals surface area (Å²) in [6.07, 6.45) is 4.96. The molecule has 1 fully saturated rings. The van der Waals surface area contributed by atoms with Crippen LogP contribution in [0, 0.1) is 0 Å². The van der Waals surface area contributed by atoms with Crippen molar-refractivity contribution in [3.8, 4) is 33.4 Å². The van der Waals surface area contributed by atoms with Crippen LogP contribution in [0.15, 0.2) is 176 Å². The Morgan fingerprint density at radius 1 is 0.404 bits per heavy atom. The first-order valence-electron chi connectivity index (χ1n) is 20.7.